The number of carbonyl (C=O) groups is 2. The summed E-state index contributed by atoms with van der Waals surface area (Å²) in [6.45, 7) is 1.12. The highest BCUT2D eigenvalue weighted by molar-refractivity contribution is 6.33. The lowest BCUT2D eigenvalue weighted by molar-refractivity contribution is 0.0997. The molecule has 0 bridgehead atoms. The zero-order valence-electron chi connectivity index (χ0n) is 20.5. The Labute approximate surface area is 224 Å². The number of amides is 3. The first-order chi connectivity index (χ1) is 18.4. The molecule has 3 amide bonds. The van der Waals surface area contributed by atoms with E-state index in [4.69, 9.17) is 23.1 Å². The van der Waals surface area contributed by atoms with Gasteiger partial charge in [-0.15, -0.1) is 0 Å². The number of aromatic nitrogens is 2. The van der Waals surface area contributed by atoms with Gasteiger partial charge in [-0.1, -0.05) is 66.2 Å². The number of carbonyl (C=O) groups excluding carboxylic acids is 2. The van der Waals surface area contributed by atoms with E-state index in [0.29, 0.717) is 18.5 Å². The fourth-order valence-electron chi connectivity index (χ4n) is 5.63. The van der Waals surface area contributed by atoms with Crippen LogP contribution in [0.15, 0.2) is 91.1 Å². The van der Waals surface area contributed by atoms with E-state index < -0.39 is 18.0 Å². The topological polar surface area (TPSA) is 99.3 Å². The molecule has 0 fully saturated rings. The maximum absolute atomic E-state index is 12.8. The molecule has 6 rings (SSSR count). The molecule has 3 heterocycles. The number of benzene rings is 3. The monoisotopic (exact) mass is 523 g/mol. The zero-order chi connectivity index (χ0) is 26.4. The van der Waals surface area contributed by atoms with Crippen molar-refractivity contribution >= 4 is 34.4 Å². The summed E-state index contributed by atoms with van der Waals surface area (Å²) in [6, 6.07) is 26.8. The van der Waals surface area contributed by atoms with E-state index >= 15 is 0 Å². The summed E-state index contributed by atoms with van der Waals surface area (Å²) in [4.78, 5) is 27.0. The number of halogens is 1. The van der Waals surface area contributed by atoms with Crippen LogP contribution in [0.5, 0.6) is 0 Å². The maximum Gasteiger partial charge on any atom is 0.315 e. The molecule has 38 heavy (non-hydrogen) atoms. The number of fused-ring (bicyclic) bond motifs is 2. The number of hydrogen-bond donors (Lipinski definition) is 2. The number of nitrogens with two attached hydrogens (primary N) is 2. The Bertz CT molecular complexity index is 1670. The minimum absolute atomic E-state index is 0.211. The third-order valence-corrected chi connectivity index (χ3v) is 7.64. The molecular weight excluding hydrogens is 498 g/mol. The van der Waals surface area contributed by atoms with Gasteiger partial charge in [-0.25, -0.2) is 4.79 Å². The van der Waals surface area contributed by atoms with Crippen molar-refractivity contribution in [2.75, 3.05) is 6.54 Å². The third kappa shape index (κ3) is 3.92. The molecule has 4 N–H and O–H groups in total. The first-order valence-electron chi connectivity index (χ1n) is 12.4. The molecule has 190 valence electrons. The highest BCUT2D eigenvalue weighted by Crippen LogP contribution is 2.43. The fourth-order valence-corrected chi connectivity index (χ4v) is 6.02. The summed E-state index contributed by atoms with van der Waals surface area (Å²) in [7, 11) is 0. The molecule has 0 aliphatic carbocycles. The smallest absolute Gasteiger partial charge is 0.315 e. The van der Waals surface area contributed by atoms with Crippen LogP contribution in [-0.2, 0) is 13.0 Å². The molecule has 0 saturated carbocycles. The predicted octanol–water partition coefficient (Wildman–Crippen LogP) is 5.26. The minimum Gasteiger partial charge on any atom is -0.365 e. The Balaban J connectivity index is 1.51. The number of nitrogens with zero attached hydrogens (tertiary/aromatic N) is 3. The van der Waals surface area contributed by atoms with Crippen LogP contribution >= 0.6 is 11.6 Å². The van der Waals surface area contributed by atoms with Crippen LogP contribution in [0.4, 0.5) is 4.79 Å². The molecule has 7 nitrogen and oxygen atoms in total. The molecule has 1 aliphatic rings. The van der Waals surface area contributed by atoms with E-state index in [1.807, 2.05) is 71.3 Å². The molecule has 1 atom stereocenters. The standard InChI is InChI=1S/C30H26ClN5O2/c31-28-26(29(32)37)25-24(36(28)22-9-5-2-6-10-22)14-16-35(30(33)38)27(25)21-11-12-23-20(17-21)13-15-34(23)18-19-7-3-1-4-8-19/h1-13,15,17,27H,14,16,18H2,(H2,32,37)(H2,33,38). The van der Waals surface area contributed by atoms with Gasteiger partial charge in [0.15, 0.2) is 0 Å². The third-order valence-electron chi connectivity index (χ3n) is 7.28. The highest BCUT2D eigenvalue weighted by atomic mass is 35.5. The molecule has 2 aromatic heterocycles. The van der Waals surface area contributed by atoms with Crippen LogP contribution in [0.25, 0.3) is 16.6 Å². The second kappa shape index (κ2) is 9.43. The lowest BCUT2D eigenvalue weighted by Gasteiger charge is -2.36. The van der Waals surface area contributed by atoms with Gasteiger partial charge in [0.2, 0.25) is 0 Å². The van der Waals surface area contributed by atoms with E-state index in [0.717, 1.165) is 34.4 Å². The Morgan fingerprint density at radius 1 is 0.921 bits per heavy atom. The molecule has 1 unspecified atom stereocenters. The first kappa shape index (κ1) is 23.9. The van der Waals surface area contributed by atoms with Crippen LogP contribution in [0, 0.1) is 0 Å². The zero-order valence-corrected chi connectivity index (χ0v) is 21.3. The van der Waals surface area contributed by atoms with Crippen LogP contribution in [0.3, 0.4) is 0 Å². The molecule has 0 radical (unpaired) electrons. The summed E-state index contributed by atoms with van der Waals surface area (Å²) in [6.07, 6.45) is 2.53. The van der Waals surface area contributed by atoms with Gasteiger partial charge in [0, 0.05) is 48.2 Å². The second-order valence-electron chi connectivity index (χ2n) is 9.49. The van der Waals surface area contributed by atoms with Crippen molar-refractivity contribution in [3.05, 3.63) is 124 Å². The van der Waals surface area contributed by atoms with E-state index in [2.05, 4.69) is 29.0 Å². The fraction of sp³-hybridized carbons (Fsp3) is 0.133. The lowest BCUT2D eigenvalue weighted by Crippen LogP contribution is -2.44. The van der Waals surface area contributed by atoms with Gasteiger partial charge in [0.1, 0.15) is 5.15 Å². The van der Waals surface area contributed by atoms with Crippen molar-refractivity contribution < 1.29 is 9.59 Å². The summed E-state index contributed by atoms with van der Waals surface area (Å²) in [5.41, 5.74) is 17.4. The Kier molecular flexibility index (Phi) is 5.93. The number of rotatable bonds is 5. The predicted molar refractivity (Wildman–Crippen MR) is 149 cm³/mol. The number of urea groups is 1. The highest BCUT2D eigenvalue weighted by Gasteiger charge is 2.39. The molecular formula is C30H26ClN5O2. The molecule has 5 aromatic rings. The average Bonchev–Trinajstić information content (AvgIpc) is 3.46. The summed E-state index contributed by atoms with van der Waals surface area (Å²) < 4.78 is 4.04. The Morgan fingerprint density at radius 3 is 2.32 bits per heavy atom. The second-order valence-corrected chi connectivity index (χ2v) is 9.85. The summed E-state index contributed by atoms with van der Waals surface area (Å²) in [5.74, 6) is -0.646. The van der Waals surface area contributed by atoms with Crippen molar-refractivity contribution in [3.63, 3.8) is 0 Å². The van der Waals surface area contributed by atoms with E-state index in [1.54, 1.807) is 4.90 Å². The molecule has 3 aromatic carbocycles. The van der Waals surface area contributed by atoms with Gasteiger partial charge in [0.25, 0.3) is 5.91 Å². The molecule has 1 aliphatic heterocycles. The van der Waals surface area contributed by atoms with E-state index in [1.165, 1.54) is 5.56 Å². The van der Waals surface area contributed by atoms with Gasteiger partial charge in [-0.3, -0.25) is 4.79 Å². The van der Waals surface area contributed by atoms with Gasteiger partial charge in [0.05, 0.1) is 11.6 Å². The maximum atomic E-state index is 12.8. The molecule has 0 spiro atoms. The van der Waals surface area contributed by atoms with Gasteiger partial charge in [-0.05, 0) is 46.8 Å². The molecule has 0 saturated heterocycles. The summed E-state index contributed by atoms with van der Waals surface area (Å²) in [5, 5.41) is 1.25. The quantitative estimate of drug-likeness (QED) is 0.328. The van der Waals surface area contributed by atoms with E-state index in [9.17, 15) is 9.59 Å². The van der Waals surface area contributed by atoms with Crippen molar-refractivity contribution in [2.45, 2.75) is 19.0 Å². The minimum atomic E-state index is -0.646. The van der Waals surface area contributed by atoms with E-state index in [-0.39, 0.29) is 10.7 Å². The SMILES string of the molecule is NC(=O)c1c2c(n(-c3ccccc3)c1Cl)CCN(C(N)=O)C2c1ccc2c(ccn2Cc2ccccc2)c1. The normalized spacial score (nSPS) is 15.0. The lowest BCUT2D eigenvalue weighted by atomic mass is 9.89. The van der Waals surface area contributed by atoms with Crippen LogP contribution in [0.2, 0.25) is 5.15 Å². The van der Waals surface area contributed by atoms with Gasteiger partial charge >= 0.3 is 6.03 Å². The molecule has 8 heteroatoms. The van der Waals surface area contributed by atoms with Crippen molar-refractivity contribution in [3.8, 4) is 5.69 Å². The number of para-hydroxylation sites is 1. The van der Waals surface area contributed by atoms with Crippen LogP contribution in [0.1, 0.15) is 38.8 Å². The summed E-state index contributed by atoms with van der Waals surface area (Å²) >= 11 is 6.83. The van der Waals surface area contributed by atoms with Crippen molar-refractivity contribution in [1.29, 1.82) is 0 Å². The first-order valence-corrected chi connectivity index (χ1v) is 12.8. The Hall–Kier alpha value is -4.49. The van der Waals surface area contributed by atoms with Gasteiger partial charge < -0.3 is 25.5 Å². The van der Waals surface area contributed by atoms with Crippen LogP contribution < -0.4 is 11.5 Å². The van der Waals surface area contributed by atoms with Crippen molar-refractivity contribution in [1.82, 2.24) is 14.0 Å². The number of primary amides is 2. The average molecular weight is 524 g/mol. The van der Waals surface area contributed by atoms with Gasteiger partial charge in [-0.2, -0.15) is 0 Å². The van der Waals surface area contributed by atoms with Crippen LogP contribution in [-0.4, -0.2) is 32.5 Å². The van der Waals surface area contributed by atoms with Crippen molar-refractivity contribution in [2.24, 2.45) is 11.5 Å². The number of hydrogen-bond acceptors (Lipinski definition) is 2. The Morgan fingerprint density at radius 2 is 1.63 bits per heavy atom. The largest absolute Gasteiger partial charge is 0.365 e.